The fraction of sp³-hybridized carbons (Fsp3) is 0. The molecule has 1 aromatic carbocycles. The number of anilines is 1. The fourth-order valence-corrected chi connectivity index (χ4v) is 1.65. The van der Waals surface area contributed by atoms with Crippen molar-refractivity contribution in [2.24, 2.45) is 0 Å². The Hall–Kier alpha value is -1.33. The number of aromatic amines is 1. The van der Waals surface area contributed by atoms with Gasteiger partial charge in [-0.25, -0.2) is 4.98 Å². The number of benzene rings is 1. The number of rotatable bonds is 2. The molecule has 0 saturated carbocycles. The van der Waals surface area contributed by atoms with Gasteiger partial charge in [-0.2, -0.15) is 0 Å². The first-order valence-electron chi connectivity index (χ1n) is 4.42. The van der Waals surface area contributed by atoms with Crippen molar-refractivity contribution in [1.29, 1.82) is 0 Å². The highest BCUT2D eigenvalue weighted by atomic mass is 79.9. The fourth-order valence-electron chi connectivity index (χ4n) is 1.15. The Morgan fingerprint density at radius 1 is 1.50 bits per heavy atom. The number of halogens is 2. The highest BCUT2D eigenvalue weighted by molar-refractivity contribution is 9.10. The molecule has 0 fully saturated rings. The Bertz CT molecular complexity index is 513. The van der Waals surface area contributed by atoms with E-state index in [1.807, 2.05) is 0 Å². The van der Waals surface area contributed by atoms with Crippen molar-refractivity contribution in [1.82, 2.24) is 9.97 Å². The van der Waals surface area contributed by atoms with Crippen molar-refractivity contribution in [3.8, 4) is 0 Å². The Labute approximate surface area is 105 Å². The van der Waals surface area contributed by atoms with Crippen LogP contribution in [-0.4, -0.2) is 15.9 Å². The van der Waals surface area contributed by atoms with Gasteiger partial charge in [-0.15, -0.1) is 0 Å². The third kappa shape index (κ3) is 2.43. The molecule has 0 unspecified atom stereocenters. The first-order chi connectivity index (χ1) is 7.66. The standard InChI is InChI=1S/C10H7BrClN3O/c11-7-5-6(1-2-8(7)12)9(16)15-10-13-3-4-14-10/h1-5H,(H2,13,14,15,16). The molecular weight excluding hydrogens is 293 g/mol. The van der Waals surface area contributed by atoms with E-state index in [-0.39, 0.29) is 5.91 Å². The summed E-state index contributed by atoms with van der Waals surface area (Å²) in [7, 11) is 0. The van der Waals surface area contributed by atoms with Crippen LogP contribution < -0.4 is 5.32 Å². The van der Waals surface area contributed by atoms with E-state index in [4.69, 9.17) is 11.6 Å². The molecule has 2 aromatic rings. The molecule has 0 aliphatic carbocycles. The molecule has 4 nitrogen and oxygen atoms in total. The monoisotopic (exact) mass is 299 g/mol. The van der Waals surface area contributed by atoms with Crippen molar-refractivity contribution in [2.75, 3.05) is 5.32 Å². The Morgan fingerprint density at radius 2 is 2.31 bits per heavy atom. The number of carbonyl (C=O) groups is 1. The molecule has 82 valence electrons. The number of H-pyrrole nitrogens is 1. The molecule has 2 N–H and O–H groups in total. The van der Waals surface area contributed by atoms with Crippen molar-refractivity contribution < 1.29 is 4.79 Å². The van der Waals surface area contributed by atoms with E-state index in [9.17, 15) is 4.79 Å². The average Bonchev–Trinajstić information content (AvgIpc) is 2.74. The van der Waals surface area contributed by atoms with E-state index in [1.165, 1.54) is 0 Å². The molecule has 16 heavy (non-hydrogen) atoms. The minimum absolute atomic E-state index is 0.243. The van der Waals surface area contributed by atoms with Gasteiger partial charge in [-0.3, -0.25) is 10.1 Å². The highest BCUT2D eigenvalue weighted by Crippen LogP contribution is 2.23. The molecule has 0 aliphatic rings. The molecule has 6 heteroatoms. The predicted molar refractivity (Wildman–Crippen MR) is 65.7 cm³/mol. The second kappa shape index (κ2) is 4.67. The second-order valence-electron chi connectivity index (χ2n) is 3.02. The van der Waals surface area contributed by atoms with Crippen LogP contribution in [-0.2, 0) is 0 Å². The molecule has 0 aliphatic heterocycles. The summed E-state index contributed by atoms with van der Waals surface area (Å²) in [6.45, 7) is 0. The lowest BCUT2D eigenvalue weighted by molar-refractivity contribution is 0.102. The Kier molecular flexibility index (Phi) is 3.26. The van der Waals surface area contributed by atoms with Gasteiger partial charge in [0.05, 0.1) is 5.02 Å². The quantitative estimate of drug-likeness (QED) is 0.895. The number of aromatic nitrogens is 2. The van der Waals surface area contributed by atoms with E-state index in [0.29, 0.717) is 21.0 Å². The Morgan fingerprint density at radius 3 is 2.94 bits per heavy atom. The largest absolute Gasteiger partial charge is 0.331 e. The van der Waals surface area contributed by atoms with Crippen LogP contribution in [0.15, 0.2) is 35.1 Å². The zero-order valence-electron chi connectivity index (χ0n) is 8.00. The molecule has 1 heterocycles. The molecule has 2 rings (SSSR count). The van der Waals surface area contributed by atoms with Crippen LogP contribution in [0, 0.1) is 0 Å². The van der Waals surface area contributed by atoms with Gasteiger partial charge in [-0.1, -0.05) is 11.6 Å². The van der Waals surface area contributed by atoms with Gasteiger partial charge in [0.2, 0.25) is 5.95 Å². The van der Waals surface area contributed by atoms with Gasteiger partial charge in [0, 0.05) is 22.4 Å². The van der Waals surface area contributed by atoms with E-state index in [2.05, 4.69) is 31.2 Å². The van der Waals surface area contributed by atoms with Crippen molar-refractivity contribution in [2.45, 2.75) is 0 Å². The summed E-state index contributed by atoms with van der Waals surface area (Å²) in [4.78, 5) is 18.4. The molecule has 0 radical (unpaired) electrons. The van der Waals surface area contributed by atoms with Gasteiger partial charge in [0.1, 0.15) is 0 Å². The van der Waals surface area contributed by atoms with Crippen molar-refractivity contribution >= 4 is 39.4 Å². The molecule has 0 spiro atoms. The summed E-state index contributed by atoms with van der Waals surface area (Å²) in [6.07, 6.45) is 3.20. The molecule has 0 saturated heterocycles. The van der Waals surface area contributed by atoms with E-state index in [1.54, 1.807) is 30.6 Å². The first-order valence-corrected chi connectivity index (χ1v) is 5.59. The topological polar surface area (TPSA) is 57.8 Å². The number of carbonyl (C=O) groups excluding carboxylic acids is 1. The smallest absolute Gasteiger partial charge is 0.258 e. The van der Waals surface area contributed by atoms with Crippen LogP contribution in [0.25, 0.3) is 0 Å². The predicted octanol–water partition coefficient (Wildman–Crippen LogP) is 3.08. The maximum Gasteiger partial charge on any atom is 0.258 e. The lowest BCUT2D eigenvalue weighted by atomic mass is 10.2. The van der Waals surface area contributed by atoms with Gasteiger partial charge >= 0.3 is 0 Å². The zero-order chi connectivity index (χ0) is 11.5. The van der Waals surface area contributed by atoms with E-state index >= 15 is 0 Å². The lowest BCUT2D eigenvalue weighted by Gasteiger charge is -2.03. The summed E-state index contributed by atoms with van der Waals surface area (Å²) in [5.41, 5.74) is 0.507. The third-order valence-corrected chi connectivity index (χ3v) is 3.13. The van der Waals surface area contributed by atoms with E-state index in [0.717, 1.165) is 0 Å². The second-order valence-corrected chi connectivity index (χ2v) is 4.28. The maximum atomic E-state index is 11.7. The number of nitrogens with one attached hydrogen (secondary N) is 2. The zero-order valence-corrected chi connectivity index (χ0v) is 10.3. The molecule has 1 aromatic heterocycles. The SMILES string of the molecule is O=C(Nc1ncc[nH]1)c1ccc(Cl)c(Br)c1. The van der Waals surface area contributed by atoms with Gasteiger partial charge in [0.25, 0.3) is 5.91 Å². The van der Waals surface area contributed by atoms with Crippen LogP contribution in [0.2, 0.25) is 5.02 Å². The number of imidazole rings is 1. The van der Waals surface area contributed by atoms with Gasteiger partial charge in [-0.05, 0) is 34.1 Å². The summed E-state index contributed by atoms with van der Waals surface area (Å²) < 4.78 is 0.682. The van der Waals surface area contributed by atoms with Crippen molar-refractivity contribution in [3.05, 3.63) is 45.7 Å². The minimum Gasteiger partial charge on any atom is -0.331 e. The van der Waals surface area contributed by atoms with E-state index < -0.39 is 0 Å². The maximum absolute atomic E-state index is 11.7. The number of amides is 1. The molecular formula is C10H7BrClN3O. The third-order valence-electron chi connectivity index (χ3n) is 1.91. The summed E-state index contributed by atoms with van der Waals surface area (Å²) in [6, 6.07) is 4.95. The van der Waals surface area contributed by atoms with Gasteiger partial charge < -0.3 is 4.98 Å². The van der Waals surface area contributed by atoms with Crippen LogP contribution >= 0.6 is 27.5 Å². The summed E-state index contributed by atoms with van der Waals surface area (Å²) in [5, 5.41) is 3.18. The molecule has 0 atom stereocenters. The van der Waals surface area contributed by atoms with Crippen LogP contribution in [0.5, 0.6) is 0 Å². The molecule has 1 amide bonds. The van der Waals surface area contributed by atoms with Crippen LogP contribution in [0.1, 0.15) is 10.4 Å². The van der Waals surface area contributed by atoms with Crippen LogP contribution in [0.3, 0.4) is 0 Å². The minimum atomic E-state index is -0.243. The lowest BCUT2D eigenvalue weighted by Crippen LogP contribution is -2.12. The Balaban J connectivity index is 2.18. The number of nitrogens with zero attached hydrogens (tertiary/aromatic N) is 1. The average molecular weight is 301 g/mol. The molecule has 0 bridgehead atoms. The van der Waals surface area contributed by atoms with Crippen LogP contribution in [0.4, 0.5) is 5.95 Å². The first kappa shape index (κ1) is 11.2. The van der Waals surface area contributed by atoms with Gasteiger partial charge in [0.15, 0.2) is 0 Å². The number of hydrogen-bond acceptors (Lipinski definition) is 2. The summed E-state index contributed by atoms with van der Waals surface area (Å²) >= 11 is 9.09. The number of hydrogen-bond donors (Lipinski definition) is 2. The normalized spacial score (nSPS) is 10.1. The van der Waals surface area contributed by atoms with Crippen molar-refractivity contribution in [3.63, 3.8) is 0 Å². The summed E-state index contributed by atoms with van der Waals surface area (Å²) in [5.74, 6) is 0.170. The highest BCUT2D eigenvalue weighted by Gasteiger charge is 2.08.